The minimum absolute atomic E-state index is 0.0216. The lowest BCUT2D eigenvalue weighted by atomic mass is 10.1. The van der Waals surface area contributed by atoms with Crippen LogP contribution in [0.15, 0.2) is 71.6 Å². The molecule has 1 aliphatic rings. The maximum absolute atomic E-state index is 14.1. The molecule has 1 aliphatic carbocycles. The number of anilines is 1. The molecule has 0 saturated heterocycles. The van der Waals surface area contributed by atoms with Crippen molar-refractivity contribution in [1.82, 2.24) is 10.2 Å². The van der Waals surface area contributed by atoms with Gasteiger partial charge in [0.25, 0.3) is 10.0 Å². The number of carbonyl (C=O) groups is 2. The number of sulfonamides is 1. The van der Waals surface area contributed by atoms with E-state index >= 15 is 0 Å². The Bertz CT molecular complexity index is 1510. The van der Waals surface area contributed by atoms with Crippen molar-refractivity contribution in [3.8, 4) is 0 Å². The summed E-state index contributed by atoms with van der Waals surface area (Å²) in [5.41, 5.74) is 1.53. The summed E-state index contributed by atoms with van der Waals surface area (Å²) in [6.45, 7) is 2.85. The number of benzene rings is 3. The highest BCUT2D eigenvalue weighted by Crippen LogP contribution is 2.30. The molecule has 0 aliphatic heterocycles. The molecule has 0 unspecified atom stereocenters. The number of halogens is 3. The normalized spacial score (nSPS) is 14.5. The van der Waals surface area contributed by atoms with E-state index in [-0.39, 0.29) is 23.4 Å². The highest BCUT2D eigenvalue weighted by atomic mass is 35.5. The molecule has 4 rings (SSSR count). The fraction of sp³-hybridized carbons (Fsp3) is 0.333. The van der Waals surface area contributed by atoms with E-state index in [2.05, 4.69) is 5.32 Å². The van der Waals surface area contributed by atoms with Gasteiger partial charge in [0.1, 0.15) is 12.6 Å². The van der Waals surface area contributed by atoms with Crippen LogP contribution in [0.1, 0.15) is 43.7 Å². The van der Waals surface area contributed by atoms with Gasteiger partial charge in [-0.2, -0.15) is 0 Å². The first-order valence-corrected chi connectivity index (χ1v) is 15.9. The number of aryl methyl sites for hydroxylation is 1. The van der Waals surface area contributed by atoms with Gasteiger partial charge >= 0.3 is 0 Å². The molecule has 2 amide bonds. The Balaban J connectivity index is 1.71. The maximum atomic E-state index is 14.1. The molecule has 0 aromatic heterocycles. The van der Waals surface area contributed by atoms with E-state index in [1.165, 1.54) is 17.0 Å². The topological polar surface area (TPSA) is 86.8 Å². The maximum Gasteiger partial charge on any atom is 0.264 e. The number of hydrogen-bond donors (Lipinski definition) is 1. The lowest BCUT2D eigenvalue weighted by molar-refractivity contribution is -0.139. The summed E-state index contributed by atoms with van der Waals surface area (Å²) in [6.07, 6.45) is 3.85. The van der Waals surface area contributed by atoms with Crippen LogP contribution in [0.25, 0.3) is 0 Å². The number of carbonyl (C=O) groups excluding carboxylic acids is 2. The van der Waals surface area contributed by atoms with E-state index in [4.69, 9.17) is 34.8 Å². The van der Waals surface area contributed by atoms with Gasteiger partial charge in [0.15, 0.2) is 0 Å². The van der Waals surface area contributed by atoms with Gasteiger partial charge in [-0.25, -0.2) is 8.42 Å². The van der Waals surface area contributed by atoms with Crippen LogP contribution in [-0.4, -0.2) is 43.8 Å². The molecule has 0 heterocycles. The highest BCUT2D eigenvalue weighted by Gasteiger charge is 2.34. The van der Waals surface area contributed by atoms with Gasteiger partial charge in [0, 0.05) is 17.6 Å². The molecule has 218 valence electrons. The summed E-state index contributed by atoms with van der Waals surface area (Å²) >= 11 is 18.5. The first kappa shape index (κ1) is 31.2. The molecular weight excluding hydrogens is 605 g/mol. The quantitative estimate of drug-likeness (QED) is 0.271. The van der Waals surface area contributed by atoms with Gasteiger partial charge in [-0.1, -0.05) is 71.9 Å². The standard InChI is InChI=1S/C30H32Cl3N3O4S/c1-20-16-23(31)13-15-28(20)36(41(39,40)25-10-4-3-5-11-25)19-29(37)35(18-22-12-14-26(32)27(33)17-22)21(2)30(38)34-24-8-6-7-9-24/h3-5,10-17,21,24H,6-9,18-19H2,1-2H3,(H,34,38)/t21-/m0/s1. The largest absolute Gasteiger partial charge is 0.352 e. The summed E-state index contributed by atoms with van der Waals surface area (Å²) in [5.74, 6) is -0.857. The zero-order chi connectivity index (χ0) is 29.7. The van der Waals surface area contributed by atoms with Crippen molar-refractivity contribution in [2.24, 2.45) is 0 Å². The van der Waals surface area contributed by atoms with Crippen LogP contribution in [0, 0.1) is 6.92 Å². The predicted octanol–water partition coefficient (Wildman–Crippen LogP) is 6.63. The molecule has 0 radical (unpaired) electrons. The smallest absolute Gasteiger partial charge is 0.264 e. The minimum atomic E-state index is -4.16. The van der Waals surface area contributed by atoms with Gasteiger partial charge in [-0.15, -0.1) is 0 Å². The zero-order valence-electron chi connectivity index (χ0n) is 22.8. The van der Waals surface area contributed by atoms with E-state index < -0.39 is 28.5 Å². The number of nitrogens with zero attached hydrogens (tertiary/aromatic N) is 2. The molecule has 0 bridgehead atoms. The average Bonchev–Trinajstić information content (AvgIpc) is 3.45. The van der Waals surface area contributed by atoms with Crippen molar-refractivity contribution in [2.45, 2.75) is 63.1 Å². The Labute approximate surface area is 256 Å². The Morgan fingerprint density at radius 1 is 0.951 bits per heavy atom. The van der Waals surface area contributed by atoms with Crippen LogP contribution in [0.2, 0.25) is 15.1 Å². The van der Waals surface area contributed by atoms with Crippen LogP contribution >= 0.6 is 34.8 Å². The lowest BCUT2D eigenvalue weighted by Gasteiger charge is -2.33. The van der Waals surface area contributed by atoms with Crippen molar-refractivity contribution in [3.05, 3.63) is 92.9 Å². The Morgan fingerprint density at radius 2 is 1.63 bits per heavy atom. The number of rotatable bonds is 10. The lowest BCUT2D eigenvalue weighted by Crippen LogP contribution is -2.52. The SMILES string of the molecule is Cc1cc(Cl)ccc1N(CC(=O)N(Cc1ccc(Cl)c(Cl)c1)[C@@H](C)C(=O)NC1CCCC1)S(=O)(=O)c1ccccc1. The van der Waals surface area contributed by atoms with E-state index in [1.54, 1.807) is 68.4 Å². The second-order valence-electron chi connectivity index (χ2n) is 10.2. The monoisotopic (exact) mass is 635 g/mol. The Hall–Kier alpha value is -2.78. The van der Waals surface area contributed by atoms with Gasteiger partial charge in [-0.3, -0.25) is 13.9 Å². The highest BCUT2D eigenvalue weighted by molar-refractivity contribution is 7.92. The molecule has 3 aromatic carbocycles. The van der Waals surface area contributed by atoms with Crippen molar-refractivity contribution < 1.29 is 18.0 Å². The van der Waals surface area contributed by atoms with Crippen LogP contribution in [0.5, 0.6) is 0 Å². The summed E-state index contributed by atoms with van der Waals surface area (Å²) < 4.78 is 28.9. The first-order valence-electron chi connectivity index (χ1n) is 13.3. The molecule has 3 aromatic rings. The van der Waals surface area contributed by atoms with Crippen molar-refractivity contribution in [2.75, 3.05) is 10.8 Å². The third-order valence-corrected chi connectivity index (χ3v) is 9.99. The molecule has 1 atom stereocenters. The van der Waals surface area contributed by atoms with Gasteiger partial charge in [0.2, 0.25) is 11.8 Å². The summed E-state index contributed by atoms with van der Waals surface area (Å²) in [7, 11) is -4.16. The van der Waals surface area contributed by atoms with E-state index in [0.717, 1.165) is 30.0 Å². The van der Waals surface area contributed by atoms with E-state index in [9.17, 15) is 18.0 Å². The van der Waals surface area contributed by atoms with Gasteiger partial charge in [-0.05, 0) is 80.3 Å². The molecule has 41 heavy (non-hydrogen) atoms. The molecule has 11 heteroatoms. The van der Waals surface area contributed by atoms with Crippen molar-refractivity contribution in [1.29, 1.82) is 0 Å². The molecular formula is C30H32Cl3N3O4S. The fourth-order valence-electron chi connectivity index (χ4n) is 4.94. The second kappa shape index (κ2) is 13.5. The first-order chi connectivity index (χ1) is 19.5. The van der Waals surface area contributed by atoms with Gasteiger partial charge in [0.05, 0.1) is 20.6 Å². The summed E-state index contributed by atoms with van der Waals surface area (Å²) in [5, 5.41) is 4.16. The van der Waals surface area contributed by atoms with E-state index in [1.807, 2.05) is 0 Å². The molecule has 1 N–H and O–H groups in total. The number of nitrogens with one attached hydrogen (secondary N) is 1. The third-order valence-electron chi connectivity index (χ3n) is 7.24. The fourth-order valence-corrected chi connectivity index (χ4v) is 6.99. The van der Waals surface area contributed by atoms with Crippen LogP contribution in [-0.2, 0) is 26.2 Å². The zero-order valence-corrected chi connectivity index (χ0v) is 25.9. The third kappa shape index (κ3) is 7.55. The van der Waals surface area contributed by atoms with Crippen molar-refractivity contribution >= 4 is 62.3 Å². The predicted molar refractivity (Wildman–Crippen MR) is 164 cm³/mol. The van der Waals surface area contributed by atoms with Crippen LogP contribution in [0.3, 0.4) is 0 Å². The molecule has 1 saturated carbocycles. The van der Waals surface area contributed by atoms with Crippen LogP contribution < -0.4 is 9.62 Å². The van der Waals surface area contributed by atoms with Gasteiger partial charge < -0.3 is 10.2 Å². The Morgan fingerprint density at radius 3 is 2.27 bits per heavy atom. The average molecular weight is 637 g/mol. The van der Waals surface area contributed by atoms with Crippen molar-refractivity contribution in [3.63, 3.8) is 0 Å². The Kier molecular flexibility index (Phi) is 10.2. The number of hydrogen-bond acceptors (Lipinski definition) is 4. The molecule has 0 spiro atoms. The second-order valence-corrected chi connectivity index (χ2v) is 13.3. The van der Waals surface area contributed by atoms with Crippen LogP contribution in [0.4, 0.5) is 5.69 Å². The number of amides is 2. The summed E-state index contributed by atoms with van der Waals surface area (Å²) in [4.78, 5) is 28.8. The summed E-state index contributed by atoms with van der Waals surface area (Å²) in [6, 6.07) is 16.8. The molecule has 1 fully saturated rings. The molecule has 7 nitrogen and oxygen atoms in total. The minimum Gasteiger partial charge on any atom is -0.352 e. The van der Waals surface area contributed by atoms with E-state index in [0.29, 0.717) is 31.9 Å².